The second kappa shape index (κ2) is 8.96. The maximum atomic E-state index is 6.02. The van der Waals surface area contributed by atoms with Crippen molar-refractivity contribution in [2.75, 3.05) is 25.0 Å². The van der Waals surface area contributed by atoms with Gasteiger partial charge in [-0.1, -0.05) is 18.6 Å². The van der Waals surface area contributed by atoms with Crippen LogP contribution in [0.3, 0.4) is 0 Å². The predicted octanol–water partition coefficient (Wildman–Crippen LogP) is 2.69. The lowest BCUT2D eigenvalue weighted by molar-refractivity contribution is 0.220. The van der Waals surface area contributed by atoms with E-state index >= 15 is 0 Å². The highest BCUT2D eigenvalue weighted by atomic mass is 32.1. The summed E-state index contributed by atoms with van der Waals surface area (Å²) in [5.74, 6) is 1.63. The lowest BCUT2D eigenvalue weighted by Crippen LogP contribution is -2.31. The number of benzene rings is 1. The molecule has 1 unspecified atom stereocenters. The van der Waals surface area contributed by atoms with E-state index in [-0.39, 0.29) is 6.17 Å². The van der Waals surface area contributed by atoms with Gasteiger partial charge >= 0.3 is 0 Å². The number of hydrogen-bond acceptors (Lipinski definition) is 7. The van der Waals surface area contributed by atoms with E-state index in [0.717, 1.165) is 29.8 Å². The minimum atomic E-state index is -0.189. The smallest absolute Gasteiger partial charge is 0.161 e. The third-order valence-corrected chi connectivity index (χ3v) is 4.62. The summed E-state index contributed by atoms with van der Waals surface area (Å²) in [5.41, 5.74) is 7.33. The molecule has 0 amide bonds. The molecule has 6 nitrogen and oxygen atoms in total. The Balaban J connectivity index is 1.42. The largest absolute Gasteiger partial charge is 0.493 e. The Morgan fingerprint density at radius 3 is 2.96 bits per heavy atom. The van der Waals surface area contributed by atoms with Gasteiger partial charge in [0.05, 0.1) is 30.7 Å². The molecular formula is C17H25N5OS. The Bertz CT molecular complexity index is 601. The van der Waals surface area contributed by atoms with E-state index in [0.29, 0.717) is 13.0 Å². The number of nitrogens with two attached hydrogens (primary N) is 1. The van der Waals surface area contributed by atoms with Crippen LogP contribution in [0.2, 0.25) is 0 Å². The molecule has 0 spiro atoms. The monoisotopic (exact) mass is 347 g/mol. The molecule has 3 N–H and O–H groups in total. The molecule has 1 saturated heterocycles. The fourth-order valence-corrected chi connectivity index (χ4v) is 3.29. The molecule has 1 fully saturated rings. The number of hydrogen-bond donors (Lipinski definition) is 2. The minimum absolute atomic E-state index is 0.189. The summed E-state index contributed by atoms with van der Waals surface area (Å²) in [7, 11) is 0. The van der Waals surface area contributed by atoms with Gasteiger partial charge in [-0.3, -0.25) is 4.90 Å². The van der Waals surface area contributed by atoms with Gasteiger partial charge in [-0.25, -0.2) is 0 Å². The van der Waals surface area contributed by atoms with Gasteiger partial charge in [-0.05, 0) is 43.6 Å². The van der Waals surface area contributed by atoms with Crippen molar-refractivity contribution in [1.82, 2.24) is 13.6 Å². The second-order valence-electron chi connectivity index (χ2n) is 6.16. The zero-order chi connectivity index (χ0) is 16.6. The molecule has 1 aromatic carbocycles. The fourth-order valence-electron chi connectivity index (χ4n) is 2.90. The Kier molecular flexibility index (Phi) is 6.40. The summed E-state index contributed by atoms with van der Waals surface area (Å²) in [4.78, 5) is 2.52. The number of likely N-dealkylation sites (tertiary alicyclic amines) is 1. The number of anilines is 1. The highest BCUT2D eigenvalue weighted by Gasteiger charge is 2.11. The lowest BCUT2D eigenvalue weighted by Gasteiger charge is -2.26. The molecule has 0 bridgehead atoms. The lowest BCUT2D eigenvalue weighted by atomic mass is 10.1. The normalized spacial score (nSPS) is 16.7. The van der Waals surface area contributed by atoms with E-state index in [1.165, 1.54) is 37.9 Å². The standard InChI is InChI=1S/C17H25N5OS/c18-16(20-17-12-19-24-21-17)7-10-23-15-6-4-5-14(11-15)13-22-8-2-1-3-9-22/h4-6,11-12,16H,1-3,7-10,13,18H2,(H,20,21). The summed E-state index contributed by atoms with van der Waals surface area (Å²) in [6, 6.07) is 8.37. The van der Waals surface area contributed by atoms with Crippen molar-refractivity contribution in [3.05, 3.63) is 36.0 Å². The van der Waals surface area contributed by atoms with Crippen LogP contribution in [0.1, 0.15) is 31.2 Å². The van der Waals surface area contributed by atoms with Gasteiger partial charge < -0.3 is 15.8 Å². The molecule has 1 aliphatic rings. The number of nitrogens with zero attached hydrogens (tertiary/aromatic N) is 3. The first-order valence-corrected chi connectivity index (χ1v) is 9.26. The number of nitrogens with one attached hydrogen (secondary N) is 1. The van der Waals surface area contributed by atoms with Crippen molar-refractivity contribution in [3.63, 3.8) is 0 Å². The SMILES string of the molecule is NC(CCOc1cccc(CN2CCCCC2)c1)Nc1cnsn1. The molecule has 1 atom stereocenters. The zero-order valence-electron chi connectivity index (χ0n) is 13.9. The Hall–Kier alpha value is -1.70. The van der Waals surface area contributed by atoms with Crippen molar-refractivity contribution in [3.8, 4) is 5.75 Å². The molecule has 0 saturated carbocycles. The molecule has 1 aliphatic heterocycles. The number of ether oxygens (including phenoxy) is 1. The van der Waals surface area contributed by atoms with Gasteiger partial charge in [0, 0.05) is 13.0 Å². The van der Waals surface area contributed by atoms with Crippen LogP contribution >= 0.6 is 11.7 Å². The van der Waals surface area contributed by atoms with Gasteiger partial charge in [0.15, 0.2) is 5.82 Å². The number of aromatic nitrogens is 2. The van der Waals surface area contributed by atoms with Crippen LogP contribution in [0.25, 0.3) is 0 Å². The van der Waals surface area contributed by atoms with Gasteiger partial charge in [0.2, 0.25) is 0 Å². The second-order valence-corrected chi connectivity index (χ2v) is 6.72. The van der Waals surface area contributed by atoms with Gasteiger partial charge in [0.25, 0.3) is 0 Å². The molecule has 7 heteroatoms. The number of piperidine rings is 1. The average molecular weight is 347 g/mol. The van der Waals surface area contributed by atoms with Crippen LogP contribution in [0.4, 0.5) is 5.82 Å². The van der Waals surface area contributed by atoms with Crippen molar-refractivity contribution in [1.29, 1.82) is 0 Å². The molecule has 1 aromatic heterocycles. The third kappa shape index (κ3) is 5.43. The van der Waals surface area contributed by atoms with E-state index in [4.69, 9.17) is 10.5 Å². The minimum Gasteiger partial charge on any atom is -0.493 e. The molecule has 2 aromatic rings. The molecule has 24 heavy (non-hydrogen) atoms. The molecule has 3 rings (SSSR count). The van der Waals surface area contributed by atoms with E-state index in [1.807, 2.05) is 6.07 Å². The van der Waals surface area contributed by atoms with Crippen LogP contribution in [0, 0.1) is 0 Å². The van der Waals surface area contributed by atoms with Crippen molar-refractivity contribution >= 4 is 17.5 Å². The van der Waals surface area contributed by atoms with Crippen molar-refractivity contribution < 1.29 is 4.74 Å². The third-order valence-electron chi connectivity index (χ3n) is 4.15. The first-order chi connectivity index (χ1) is 11.8. The topological polar surface area (TPSA) is 76.3 Å². The predicted molar refractivity (Wildman–Crippen MR) is 97.2 cm³/mol. The van der Waals surface area contributed by atoms with E-state index < -0.39 is 0 Å². The van der Waals surface area contributed by atoms with Crippen LogP contribution in [0.15, 0.2) is 30.5 Å². The Labute approximate surface area is 147 Å². The van der Waals surface area contributed by atoms with Gasteiger partial charge in [-0.2, -0.15) is 8.75 Å². The number of rotatable bonds is 8. The molecular weight excluding hydrogens is 322 g/mol. The highest BCUT2D eigenvalue weighted by molar-refractivity contribution is 6.99. The molecule has 0 radical (unpaired) electrons. The van der Waals surface area contributed by atoms with Crippen LogP contribution in [-0.2, 0) is 6.54 Å². The van der Waals surface area contributed by atoms with Crippen molar-refractivity contribution in [2.24, 2.45) is 5.73 Å². The fraction of sp³-hybridized carbons (Fsp3) is 0.529. The summed E-state index contributed by atoms with van der Waals surface area (Å²) in [6.45, 7) is 3.99. The summed E-state index contributed by atoms with van der Waals surface area (Å²) < 4.78 is 13.9. The first kappa shape index (κ1) is 17.1. The molecule has 130 valence electrons. The summed E-state index contributed by atoms with van der Waals surface area (Å²) in [6.07, 6.45) is 6.18. The average Bonchev–Trinajstić information content (AvgIpc) is 3.09. The van der Waals surface area contributed by atoms with Crippen molar-refractivity contribution in [2.45, 2.75) is 38.4 Å². The van der Waals surface area contributed by atoms with Crippen LogP contribution in [-0.4, -0.2) is 39.5 Å². The van der Waals surface area contributed by atoms with Gasteiger partial charge in [0.1, 0.15) is 5.75 Å². The summed E-state index contributed by atoms with van der Waals surface area (Å²) in [5, 5.41) is 3.10. The molecule has 2 heterocycles. The maximum Gasteiger partial charge on any atom is 0.161 e. The van der Waals surface area contributed by atoms with E-state index in [1.54, 1.807) is 6.20 Å². The molecule has 0 aliphatic carbocycles. The Morgan fingerprint density at radius 2 is 2.17 bits per heavy atom. The van der Waals surface area contributed by atoms with E-state index in [9.17, 15) is 0 Å². The van der Waals surface area contributed by atoms with E-state index in [2.05, 4.69) is 37.2 Å². The highest BCUT2D eigenvalue weighted by Crippen LogP contribution is 2.18. The summed E-state index contributed by atoms with van der Waals surface area (Å²) >= 11 is 1.16. The van der Waals surface area contributed by atoms with Gasteiger partial charge in [-0.15, -0.1) is 0 Å². The quantitative estimate of drug-likeness (QED) is 0.715. The first-order valence-electron chi connectivity index (χ1n) is 8.53. The Morgan fingerprint density at radius 1 is 1.29 bits per heavy atom. The van der Waals surface area contributed by atoms with Crippen LogP contribution < -0.4 is 15.8 Å². The zero-order valence-corrected chi connectivity index (χ0v) is 14.7. The maximum absolute atomic E-state index is 6.02. The van der Waals surface area contributed by atoms with Crippen LogP contribution in [0.5, 0.6) is 5.75 Å².